The molecule has 2 fully saturated rings. The van der Waals surface area contributed by atoms with Crippen LogP contribution in [0.2, 0.25) is 0 Å². The fourth-order valence-electron chi connectivity index (χ4n) is 3.40. The van der Waals surface area contributed by atoms with Gasteiger partial charge < -0.3 is 9.31 Å². The molecule has 5 heteroatoms. The first-order valence-electron chi connectivity index (χ1n) is 9.54. The zero-order chi connectivity index (χ0) is 19.4. The SMILES string of the molecule is CC1(C)OB(c2ccc(C(F)(F)c3cccc(C4CC4)c3)cc2)OC1(C)C. The van der Waals surface area contributed by atoms with Gasteiger partial charge in [-0.2, -0.15) is 8.78 Å². The lowest BCUT2D eigenvalue weighted by molar-refractivity contribution is 0.00578. The topological polar surface area (TPSA) is 18.5 Å². The fourth-order valence-corrected chi connectivity index (χ4v) is 3.40. The molecule has 0 amide bonds. The Kier molecular flexibility index (Phi) is 4.24. The molecule has 0 bridgehead atoms. The summed E-state index contributed by atoms with van der Waals surface area (Å²) in [6.07, 6.45) is 2.19. The molecule has 2 nitrogen and oxygen atoms in total. The van der Waals surface area contributed by atoms with Gasteiger partial charge in [0.2, 0.25) is 0 Å². The first-order chi connectivity index (χ1) is 12.6. The highest BCUT2D eigenvalue weighted by Crippen LogP contribution is 2.43. The van der Waals surface area contributed by atoms with E-state index in [0.29, 0.717) is 5.92 Å². The summed E-state index contributed by atoms with van der Waals surface area (Å²) in [4.78, 5) is 0. The van der Waals surface area contributed by atoms with Crippen molar-refractivity contribution in [3.63, 3.8) is 0 Å². The van der Waals surface area contributed by atoms with Crippen LogP contribution in [0, 0.1) is 0 Å². The Balaban J connectivity index is 1.57. The quantitative estimate of drug-likeness (QED) is 0.705. The van der Waals surface area contributed by atoms with E-state index in [1.807, 2.05) is 33.8 Å². The highest BCUT2D eigenvalue weighted by atomic mass is 19.3. The predicted molar refractivity (Wildman–Crippen MR) is 104 cm³/mol. The van der Waals surface area contributed by atoms with E-state index in [1.165, 1.54) is 18.2 Å². The maximum Gasteiger partial charge on any atom is 0.494 e. The van der Waals surface area contributed by atoms with Crippen LogP contribution in [0.25, 0.3) is 0 Å². The molecule has 2 aromatic carbocycles. The van der Waals surface area contributed by atoms with Gasteiger partial charge in [0.25, 0.3) is 5.92 Å². The average Bonchev–Trinajstić information content (AvgIpc) is 3.43. The van der Waals surface area contributed by atoms with Gasteiger partial charge in [0.05, 0.1) is 11.2 Å². The van der Waals surface area contributed by atoms with Crippen LogP contribution in [-0.2, 0) is 15.2 Å². The van der Waals surface area contributed by atoms with Crippen LogP contribution >= 0.6 is 0 Å². The van der Waals surface area contributed by atoms with Crippen LogP contribution in [0.1, 0.15) is 63.1 Å². The summed E-state index contributed by atoms with van der Waals surface area (Å²) in [5, 5.41) is 0. The molecule has 2 aliphatic rings. The molecule has 0 N–H and O–H groups in total. The Bertz CT molecular complexity index is 826. The number of hydrogen-bond acceptors (Lipinski definition) is 2. The second kappa shape index (κ2) is 6.15. The lowest BCUT2D eigenvalue weighted by Crippen LogP contribution is -2.41. The van der Waals surface area contributed by atoms with Crippen molar-refractivity contribution in [3.8, 4) is 0 Å². The highest BCUT2D eigenvalue weighted by molar-refractivity contribution is 6.62. The largest absolute Gasteiger partial charge is 0.494 e. The third kappa shape index (κ3) is 3.32. The molecule has 1 saturated carbocycles. The van der Waals surface area contributed by atoms with E-state index in [-0.39, 0.29) is 11.1 Å². The second-order valence-corrected chi connectivity index (χ2v) is 8.68. The first-order valence-corrected chi connectivity index (χ1v) is 9.54. The van der Waals surface area contributed by atoms with Crippen molar-refractivity contribution in [1.82, 2.24) is 0 Å². The molecular formula is C22H25BF2O2. The van der Waals surface area contributed by atoms with Crippen molar-refractivity contribution in [2.24, 2.45) is 0 Å². The maximum atomic E-state index is 15.0. The van der Waals surface area contributed by atoms with E-state index in [4.69, 9.17) is 9.31 Å². The van der Waals surface area contributed by atoms with E-state index in [0.717, 1.165) is 23.9 Å². The average molecular weight is 370 g/mol. The molecule has 4 rings (SSSR count). The molecule has 1 heterocycles. The van der Waals surface area contributed by atoms with Gasteiger partial charge in [-0.1, -0.05) is 42.5 Å². The van der Waals surface area contributed by atoms with E-state index < -0.39 is 24.2 Å². The van der Waals surface area contributed by atoms with Gasteiger partial charge in [0, 0.05) is 11.1 Å². The van der Waals surface area contributed by atoms with Crippen LogP contribution in [0.5, 0.6) is 0 Å². The highest BCUT2D eigenvalue weighted by Gasteiger charge is 2.51. The fraction of sp³-hybridized carbons (Fsp3) is 0.455. The number of alkyl halides is 2. The minimum absolute atomic E-state index is 0.0179. The van der Waals surface area contributed by atoms with E-state index in [1.54, 1.807) is 24.3 Å². The van der Waals surface area contributed by atoms with Gasteiger partial charge in [0.1, 0.15) is 0 Å². The Hall–Kier alpha value is -1.72. The molecule has 1 saturated heterocycles. The van der Waals surface area contributed by atoms with Gasteiger partial charge >= 0.3 is 7.12 Å². The standard InChI is InChI=1S/C22H25BF2O2/c1-20(2)21(3,4)27-23(26-20)19-12-10-17(11-13-19)22(24,25)18-7-5-6-16(14-18)15-8-9-15/h5-7,10-15H,8-9H2,1-4H3. The van der Waals surface area contributed by atoms with Crippen LogP contribution in [0.4, 0.5) is 8.78 Å². The third-order valence-electron chi connectivity index (χ3n) is 6.10. The Morgan fingerprint density at radius 1 is 0.889 bits per heavy atom. The summed E-state index contributed by atoms with van der Waals surface area (Å²) >= 11 is 0. The molecule has 0 unspecified atom stereocenters. The van der Waals surface area contributed by atoms with Crippen molar-refractivity contribution in [3.05, 3.63) is 65.2 Å². The predicted octanol–water partition coefficient (Wildman–Crippen LogP) is 5.00. The second-order valence-electron chi connectivity index (χ2n) is 8.68. The number of halogens is 2. The van der Waals surface area contributed by atoms with Crippen LogP contribution in [0.15, 0.2) is 48.5 Å². The molecule has 2 aromatic rings. The Labute approximate surface area is 160 Å². The normalized spacial score (nSPS) is 21.5. The van der Waals surface area contributed by atoms with E-state index >= 15 is 8.78 Å². The molecular weight excluding hydrogens is 345 g/mol. The smallest absolute Gasteiger partial charge is 0.399 e. The lowest BCUT2D eigenvalue weighted by atomic mass is 9.78. The molecule has 142 valence electrons. The van der Waals surface area contributed by atoms with Gasteiger partial charge in [-0.15, -0.1) is 0 Å². The van der Waals surface area contributed by atoms with Crippen LogP contribution < -0.4 is 5.46 Å². The molecule has 0 atom stereocenters. The van der Waals surface area contributed by atoms with E-state index in [9.17, 15) is 0 Å². The zero-order valence-electron chi connectivity index (χ0n) is 16.3. The number of benzene rings is 2. The third-order valence-corrected chi connectivity index (χ3v) is 6.10. The minimum atomic E-state index is -3.03. The Morgan fingerprint density at radius 3 is 2.04 bits per heavy atom. The van der Waals surface area contributed by atoms with Gasteiger partial charge in [-0.05, 0) is 63.5 Å². The molecule has 0 aromatic heterocycles. The van der Waals surface area contributed by atoms with E-state index in [2.05, 4.69) is 0 Å². The summed E-state index contributed by atoms with van der Waals surface area (Å²) in [5.74, 6) is -2.58. The summed E-state index contributed by atoms with van der Waals surface area (Å²) in [6, 6.07) is 13.1. The number of rotatable bonds is 4. The molecule has 27 heavy (non-hydrogen) atoms. The number of hydrogen-bond donors (Lipinski definition) is 0. The molecule has 0 radical (unpaired) electrons. The summed E-state index contributed by atoms with van der Waals surface area (Å²) < 4.78 is 42.1. The molecule has 1 aliphatic heterocycles. The van der Waals surface area contributed by atoms with Crippen molar-refractivity contribution in [1.29, 1.82) is 0 Å². The summed E-state index contributed by atoms with van der Waals surface area (Å²) in [6.45, 7) is 7.90. The van der Waals surface area contributed by atoms with Gasteiger partial charge in [-0.3, -0.25) is 0 Å². The van der Waals surface area contributed by atoms with Crippen LogP contribution in [-0.4, -0.2) is 18.3 Å². The minimum Gasteiger partial charge on any atom is -0.399 e. The lowest BCUT2D eigenvalue weighted by Gasteiger charge is -2.32. The maximum absolute atomic E-state index is 15.0. The van der Waals surface area contributed by atoms with Crippen molar-refractivity contribution in [2.75, 3.05) is 0 Å². The summed E-state index contributed by atoms with van der Waals surface area (Å²) in [7, 11) is -0.545. The van der Waals surface area contributed by atoms with Crippen molar-refractivity contribution < 1.29 is 18.1 Å². The molecule has 1 aliphatic carbocycles. The van der Waals surface area contributed by atoms with Crippen molar-refractivity contribution in [2.45, 2.75) is 63.6 Å². The van der Waals surface area contributed by atoms with Crippen LogP contribution in [0.3, 0.4) is 0 Å². The van der Waals surface area contributed by atoms with Gasteiger partial charge in [-0.25, -0.2) is 0 Å². The first kappa shape index (κ1) is 18.6. The van der Waals surface area contributed by atoms with Gasteiger partial charge in [0.15, 0.2) is 0 Å². The monoisotopic (exact) mass is 370 g/mol. The summed E-state index contributed by atoms with van der Waals surface area (Å²) in [5.41, 5.74) is 0.888. The Morgan fingerprint density at radius 2 is 1.48 bits per heavy atom. The molecule has 0 spiro atoms. The van der Waals surface area contributed by atoms with Crippen molar-refractivity contribution >= 4 is 12.6 Å². The zero-order valence-corrected chi connectivity index (χ0v) is 16.3.